The van der Waals surface area contributed by atoms with E-state index in [1.54, 1.807) is 31.4 Å². The lowest BCUT2D eigenvalue weighted by atomic mass is 9.98. The summed E-state index contributed by atoms with van der Waals surface area (Å²) in [5, 5.41) is 13.3. The van der Waals surface area contributed by atoms with E-state index in [1.165, 1.54) is 16.2 Å². The molecule has 0 spiro atoms. The maximum Gasteiger partial charge on any atom is 0.295 e. The lowest BCUT2D eigenvalue weighted by Crippen LogP contribution is -2.31. The predicted octanol–water partition coefficient (Wildman–Crippen LogP) is 4.17. The Hall–Kier alpha value is -2.15. The molecule has 0 aliphatic carbocycles. The Morgan fingerprint density at radius 2 is 1.96 bits per heavy atom. The van der Waals surface area contributed by atoms with Crippen LogP contribution >= 0.6 is 22.9 Å². The number of thiophene rings is 1. The van der Waals surface area contributed by atoms with Gasteiger partial charge in [-0.15, -0.1) is 11.3 Å². The standard InChI is InChI=1S/C20H20ClNO4S/c1-12-8-11-27-19(12)16-15(17(23)13-4-6-14(21)7-5-13)18(24)20(25)22(16)9-3-10-26-2/h4-8,11,16,23H,3,9-10H2,1-2H3/b17-15-. The van der Waals surface area contributed by atoms with Gasteiger partial charge in [0.25, 0.3) is 11.7 Å². The lowest BCUT2D eigenvalue weighted by molar-refractivity contribution is -0.140. The minimum absolute atomic E-state index is 0.116. The van der Waals surface area contributed by atoms with Crippen molar-refractivity contribution in [3.63, 3.8) is 0 Å². The Morgan fingerprint density at radius 1 is 1.26 bits per heavy atom. The van der Waals surface area contributed by atoms with Crippen molar-refractivity contribution in [3.8, 4) is 0 Å². The highest BCUT2D eigenvalue weighted by Gasteiger charge is 2.46. The van der Waals surface area contributed by atoms with Crippen LogP contribution in [0.2, 0.25) is 5.02 Å². The normalized spacial score (nSPS) is 19.1. The molecule has 0 radical (unpaired) electrons. The SMILES string of the molecule is COCCCN1C(=O)C(=O)/C(=C(\O)c2ccc(Cl)cc2)C1c1sccc1C. The molecule has 2 aromatic rings. The number of methoxy groups -OCH3 is 1. The van der Waals surface area contributed by atoms with Gasteiger partial charge in [-0.2, -0.15) is 0 Å². The van der Waals surface area contributed by atoms with Crippen molar-refractivity contribution >= 4 is 40.4 Å². The maximum absolute atomic E-state index is 12.8. The average molecular weight is 406 g/mol. The van der Waals surface area contributed by atoms with Crippen LogP contribution in [0.5, 0.6) is 0 Å². The van der Waals surface area contributed by atoms with Gasteiger partial charge in [0.05, 0.1) is 11.6 Å². The number of aliphatic hydroxyl groups is 1. The number of hydrogen-bond acceptors (Lipinski definition) is 5. The highest BCUT2D eigenvalue weighted by Crippen LogP contribution is 2.42. The predicted molar refractivity (Wildman–Crippen MR) is 106 cm³/mol. The van der Waals surface area contributed by atoms with Crippen LogP contribution in [0.25, 0.3) is 5.76 Å². The van der Waals surface area contributed by atoms with Gasteiger partial charge in [0.15, 0.2) is 0 Å². The number of carbonyl (C=O) groups is 2. The van der Waals surface area contributed by atoms with Crippen LogP contribution < -0.4 is 0 Å². The molecule has 1 fully saturated rings. The van der Waals surface area contributed by atoms with Crippen LogP contribution in [-0.2, 0) is 14.3 Å². The van der Waals surface area contributed by atoms with Crippen LogP contribution in [0, 0.1) is 6.92 Å². The zero-order chi connectivity index (χ0) is 19.6. The summed E-state index contributed by atoms with van der Waals surface area (Å²) in [7, 11) is 1.59. The molecule has 0 saturated carbocycles. The number of likely N-dealkylation sites (tertiary alicyclic amines) is 1. The van der Waals surface area contributed by atoms with Crippen molar-refractivity contribution in [2.45, 2.75) is 19.4 Å². The number of ketones is 1. The first-order chi connectivity index (χ1) is 13.0. The largest absolute Gasteiger partial charge is 0.507 e. The van der Waals surface area contributed by atoms with Gasteiger partial charge in [-0.25, -0.2) is 0 Å². The average Bonchev–Trinajstić information content (AvgIpc) is 3.18. The Bertz CT molecular complexity index is 888. The van der Waals surface area contributed by atoms with Crippen molar-refractivity contribution in [3.05, 3.63) is 62.3 Å². The molecule has 2 heterocycles. The number of ether oxygens (including phenoxy) is 1. The molecule has 1 unspecified atom stereocenters. The van der Waals surface area contributed by atoms with E-state index >= 15 is 0 Å². The van der Waals surface area contributed by atoms with E-state index < -0.39 is 17.7 Å². The number of aliphatic hydroxyl groups excluding tert-OH is 1. The number of carbonyl (C=O) groups excluding carboxylic acids is 2. The summed E-state index contributed by atoms with van der Waals surface area (Å²) in [5.41, 5.74) is 1.55. The third kappa shape index (κ3) is 3.78. The van der Waals surface area contributed by atoms with Crippen LogP contribution in [0.4, 0.5) is 0 Å². The van der Waals surface area contributed by atoms with Crippen LogP contribution in [0.3, 0.4) is 0 Å². The molecule has 1 aliphatic rings. The van der Waals surface area contributed by atoms with Crippen molar-refractivity contribution in [2.24, 2.45) is 0 Å². The fraction of sp³-hybridized carbons (Fsp3) is 0.300. The second-order valence-electron chi connectivity index (χ2n) is 6.31. The number of nitrogens with zero attached hydrogens (tertiary/aromatic N) is 1. The summed E-state index contributed by atoms with van der Waals surface area (Å²) in [5.74, 6) is -1.45. The molecule has 142 valence electrons. The number of rotatable bonds is 6. The number of benzene rings is 1. The van der Waals surface area contributed by atoms with E-state index in [0.717, 1.165) is 10.4 Å². The summed E-state index contributed by atoms with van der Waals surface area (Å²) in [6.07, 6.45) is 0.603. The second-order valence-corrected chi connectivity index (χ2v) is 7.70. The van der Waals surface area contributed by atoms with Crippen molar-refractivity contribution in [1.29, 1.82) is 0 Å². The summed E-state index contributed by atoms with van der Waals surface area (Å²) >= 11 is 7.38. The summed E-state index contributed by atoms with van der Waals surface area (Å²) in [6.45, 7) is 2.79. The molecule has 1 amide bonds. The number of hydrogen-bond donors (Lipinski definition) is 1. The minimum atomic E-state index is -0.669. The van der Waals surface area contributed by atoms with Crippen LogP contribution in [0.1, 0.15) is 28.5 Å². The molecule has 1 atom stereocenters. The fourth-order valence-corrected chi connectivity index (χ4v) is 4.36. The van der Waals surface area contributed by atoms with E-state index in [-0.39, 0.29) is 11.3 Å². The summed E-state index contributed by atoms with van der Waals surface area (Å²) in [6, 6.07) is 7.88. The zero-order valence-electron chi connectivity index (χ0n) is 15.1. The molecule has 1 saturated heterocycles. The maximum atomic E-state index is 12.8. The van der Waals surface area contributed by atoms with Crippen molar-refractivity contribution in [1.82, 2.24) is 4.90 Å². The van der Waals surface area contributed by atoms with E-state index in [9.17, 15) is 14.7 Å². The highest BCUT2D eigenvalue weighted by atomic mass is 35.5. The Labute approximate surface area is 166 Å². The van der Waals surface area contributed by atoms with Crippen molar-refractivity contribution in [2.75, 3.05) is 20.3 Å². The number of amides is 1. The molecular weight excluding hydrogens is 386 g/mol. The molecule has 5 nitrogen and oxygen atoms in total. The molecular formula is C20H20ClNO4S. The van der Waals surface area contributed by atoms with Gasteiger partial charge in [-0.1, -0.05) is 11.6 Å². The van der Waals surface area contributed by atoms with Gasteiger partial charge < -0.3 is 14.7 Å². The van der Waals surface area contributed by atoms with Gasteiger partial charge in [0.1, 0.15) is 5.76 Å². The summed E-state index contributed by atoms with van der Waals surface area (Å²) in [4.78, 5) is 27.9. The molecule has 1 aromatic carbocycles. The van der Waals surface area contributed by atoms with E-state index in [4.69, 9.17) is 16.3 Å². The molecule has 7 heteroatoms. The van der Waals surface area contributed by atoms with E-state index in [1.807, 2.05) is 18.4 Å². The Kier molecular flexibility index (Phi) is 5.99. The summed E-state index contributed by atoms with van der Waals surface area (Å²) < 4.78 is 5.07. The van der Waals surface area contributed by atoms with Gasteiger partial charge in [-0.3, -0.25) is 9.59 Å². The number of halogens is 1. The fourth-order valence-electron chi connectivity index (χ4n) is 3.19. The molecule has 27 heavy (non-hydrogen) atoms. The van der Waals surface area contributed by atoms with Crippen LogP contribution in [0.15, 0.2) is 41.3 Å². The third-order valence-electron chi connectivity index (χ3n) is 4.56. The topological polar surface area (TPSA) is 66.8 Å². The van der Waals surface area contributed by atoms with Crippen LogP contribution in [-0.4, -0.2) is 42.0 Å². The zero-order valence-corrected chi connectivity index (χ0v) is 16.6. The molecule has 1 aromatic heterocycles. The Morgan fingerprint density at radius 3 is 2.56 bits per heavy atom. The molecule has 1 N–H and O–H groups in total. The van der Waals surface area contributed by atoms with E-state index in [2.05, 4.69) is 0 Å². The van der Waals surface area contributed by atoms with Gasteiger partial charge in [0, 0.05) is 35.7 Å². The molecule has 3 rings (SSSR count). The highest BCUT2D eigenvalue weighted by molar-refractivity contribution is 7.10. The van der Waals surface area contributed by atoms with Gasteiger partial charge in [0.2, 0.25) is 0 Å². The Balaban J connectivity index is 2.10. The van der Waals surface area contributed by atoms with Gasteiger partial charge >= 0.3 is 0 Å². The quantitative estimate of drug-likeness (QED) is 0.339. The first-order valence-corrected chi connectivity index (χ1v) is 9.78. The number of aryl methyl sites for hydroxylation is 1. The third-order valence-corrected chi connectivity index (χ3v) is 5.88. The minimum Gasteiger partial charge on any atom is -0.507 e. The smallest absolute Gasteiger partial charge is 0.295 e. The monoisotopic (exact) mass is 405 g/mol. The van der Waals surface area contributed by atoms with Crippen molar-refractivity contribution < 1.29 is 19.4 Å². The first kappa shape index (κ1) is 19.6. The molecule has 0 bridgehead atoms. The first-order valence-electron chi connectivity index (χ1n) is 8.53. The second kappa shape index (κ2) is 8.25. The van der Waals surface area contributed by atoms with E-state index in [0.29, 0.717) is 30.2 Å². The lowest BCUT2D eigenvalue weighted by Gasteiger charge is -2.24. The number of Topliss-reactive ketones (excluding diaryl/α,β-unsaturated/α-hetero) is 1. The van der Waals surface area contributed by atoms with Gasteiger partial charge in [-0.05, 0) is 54.6 Å². The molecule has 1 aliphatic heterocycles.